The average Bonchev–Trinajstić information content (AvgIpc) is 3.01. The number of sulfone groups is 1. The molecule has 3 heterocycles. The Hall–Kier alpha value is -2.13. The van der Waals surface area contributed by atoms with Crippen LogP contribution in [0.15, 0.2) is 39.4 Å². The van der Waals surface area contributed by atoms with Gasteiger partial charge in [-0.25, -0.2) is 18.2 Å². The Morgan fingerprint density at radius 1 is 1.45 bits per heavy atom. The lowest BCUT2D eigenvalue weighted by Gasteiger charge is -1.97. The Morgan fingerprint density at radius 2 is 2.25 bits per heavy atom. The third kappa shape index (κ3) is 2.21. The van der Waals surface area contributed by atoms with Gasteiger partial charge in [-0.2, -0.15) is 0 Å². The molecular weight excluding hydrogens is 304 g/mol. The summed E-state index contributed by atoms with van der Waals surface area (Å²) in [5.74, 6) is -2.06. The predicted octanol–water partition coefficient (Wildman–Crippen LogP) is 1.66. The van der Waals surface area contributed by atoms with Crippen LogP contribution < -0.4 is 0 Å². The molecule has 7 nitrogen and oxygen atoms in total. The summed E-state index contributed by atoms with van der Waals surface area (Å²) in [5, 5.41) is 10.2. The summed E-state index contributed by atoms with van der Waals surface area (Å²) in [5.41, 5.74) is 0.380. The normalized spacial score (nSPS) is 12.0. The number of thiazole rings is 1. The Bertz CT molecular complexity index is 858. The molecule has 3 aromatic heterocycles. The summed E-state index contributed by atoms with van der Waals surface area (Å²) in [4.78, 5) is 15.5. The number of hydrogen-bond donors (Lipinski definition) is 1. The van der Waals surface area contributed by atoms with E-state index in [1.54, 1.807) is 16.8 Å². The van der Waals surface area contributed by atoms with Crippen molar-refractivity contribution in [1.29, 1.82) is 0 Å². The largest absolute Gasteiger partial charge is 0.475 e. The maximum atomic E-state index is 12.1. The first-order valence-electron chi connectivity index (χ1n) is 5.43. The van der Waals surface area contributed by atoms with E-state index in [9.17, 15) is 13.2 Å². The Morgan fingerprint density at radius 3 is 2.90 bits per heavy atom. The van der Waals surface area contributed by atoms with Gasteiger partial charge in [0, 0.05) is 17.8 Å². The van der Waals surface area contributed by atoms with Crippen LogP contribution in [0.2, 0.25) is 0 Å². The van der Waals surface area contributed by atoms with Crippen LogP contribution in [0, 0.1) is 0 Å². The van der Waals surface area contributed by atoms with Crippen molar-refractivity contribution in [2.24, 2.45) is 0 Å². The minimum Gasteiger partial charge on any atom is -0.475 e. The molecule has 0 fully saturated rings. The van der Waals surface area contributed by atoms with Gasteiger partial charge in [0.25, 0.3) is 0 Å². The average molecular weight is 312 g/mol. The van der Waals surface area contributed by atoms with Gasteiger partial charge in [-0.15, -0.1) is 11.3 Å². The fourth-order valence-corrected chi connectivity index (χ4v) is 3.60. The number of fused-ring (bicyclic) bond motifs is 1. The maximum absolute atomic E-state index is 12.1. The highest BCUT2D eigenvalue weighted by Crippen LogP contribution is 2.20. The van der Waals surface area contributed by atoms with E-state index in [-0.39, 0.29) is 10.8 Å². The van der Waals surface area contributed by atoms with Crippen LogP contribution in [0.25, 0.3) is 4.96 Å². The molecule has 0 atom stereocenters. The summed E-state index contributed by atoms with van der Waals surface area (Å²) in [6, 6.07) is 2.25. The van der Waals surface area contributed by atoms with Gasteiger partial charge in [0.1, 0.15) is 5.75 Å². The van der Waals surface area contributed by atoms with Gasteiger partial charge in [-0.3, -0.25) is 4.40 Å². The molecule has 0 radical (unpaired) electrons. The van der Waals surface area contributed by atoms with E-state index in [1.807, 2.05) is 5.38 Å². The van der Waals surface area contributed by atoms with Crippen molar-refractivity contribution < 1.29 is 22.7 Å². The lowest BCUT2D eigenvalue weighted by molar-refractivity contribution is 0.0656. The van der Waals surface area contributed by atoms with Gasteiger partial charge < -0.3 is 9.52 Å². The van der Waals surface area contributed by atoms with E-state index in [1.165, 1.54) is 11.3 Å². The van der Waals surface area contributed by atoms with Crippen LogP contribution in [0.4, 0.5) is 0 Å². The number of carboxylic acids is 1. The van der Waals surface area contributed by atoms with Gasteiger partial charge in [0.05, 0.1) is 5.69 Å². The molecule has 0 aliphatic carbocycles. The van der Waals surface area contributed by atoms with Crippen molar-refractivity contribution in [2.45, 2.75) is 10.8 Å². The summed E-state index contributed by atoms with van der Waals surface area (Å²) >= 11 is 1.39. The second kappa shape index (κ2) is 4.46. The van der Waals surface area contributed by atoms with Crippen LogP contribution in [0.5, 0.6) is 0 Å². The Labute approximate surface area is 117 Å². The second-order valence-electron chi connectivity index (χ2n) is 4.01. The number of aromatic carboxylic acids is 1. The van der Waals surface area contributed by atoms with E-state index in [0.717, 1.165) is 12.1 Å². The first-order valence-corrected chi connectivity index (χ1v) is 7.96. The third-order valence-corrected chi connectivity index (χ3v) is 4.86. The van der Waals surface area contributed by atoms with Crippen LogP contribution in [0.3, 0.4) is 0 Å². The zero-order valence-corrected chi connectivity index (χ0v) is 11.5. The number of carboxylic acid groups (broad SMARTS) is 1. The molecule has 3 rings (SSSR count). The summed E-state index contributed by atoms with van der Waals surface area (Å²) in [7, 11) is -3.75. The van der Waals surface area contributed by atoms with Crippen LogP contribution in [-0.4, -0.2) is 28.9 Å². The zero-order valence-electron chi connectivity index (χ0n) is 9.88. The molecule has 104 valence electrons. The maximum Gasteiger partial charge on any atom is 0.371 e. The number of aromatic nitrogens is 2. The van der Waals surface area contributed by atoms with E-state index < -0.39 is 21.6 Å². The smallest absolute Gasteiger partial charge is 0.371 e. The van der Waals surface area contributed by atoms with Gasteiger partial charge in [0.2, 0.25) is 20.7 Å². The number of rotatable bonds is 4. The summed E-state index contributed by atoms with van der Waals surface area (Å²) < 4.78 is 30.7. The first-order chi connectivity index (χ1) is 9.45. The van der Waals surface area contributed by atoms with E-state index in [2.05, 4.69) is 4.98 Å². The molecule has 0 amide bonds. The van der Waals surface area contributed by atoms with E-state index >= 15 is 0 Å². The van der Waals surface area contributed by atoms with Crippen molar-refractivity contribution >= 4 is 32.1 Å². The number of hydrogen-bond acceptors (Lipinski definition) is 6. The molecule has 0 spiro atoms. The van der Waals surface area contributed by atoms with Crippen molar-refractivity contribution in [3.8, 4) is 0 Å². The molecule has 20 heavy (non-hydrogen) atoms. The highest BCUT2D eigenvalue weighted by atomic mass is 32.2. The van der Waals surface area contributed by atoms with Gasteiger partial charge in [0.15, 0.2) is 4.96 Å². The molecule has 0 saturated carbocycles. The molecule has 0 bridgehead atoms. The Balaban J connectivity index is 1.91. The molecule has 0 aromatic carbocycles. The molecule has 3 aromatic rings. The molecule has 0 aliphatic heterocycles. The summed E-state index contributed by atoms with van der Waals surface area (Å²) in [6.45, 7) is 0. The minimum absolute atomic E-state index is 0.339. The minimum atomic E-state index is -3.75. The molecule has 0 unspecified atom stereocenters. The molecule has 9 heteroatoms. The first kappa shape index (κ1) is 12.9. The zero-order chi connectivity index (χ0) is 14.3. The molecule has 0 aliphatic rings. The van der Waals surface area contributed by atoms with Gasteiger partial charge in [-0.1, -0.05) is 0 Å². The van der Waals surface area contributed by atoms with Gasteiger partial charge in [-0.05, 0) is 12.1 Å². The second-order valence-corrected chi connectivity index (χ2v) is 6.80. The Kier molecular flexibility index (Phi) is 2.87. The van der Waals surface area contributed by atoms with Gasteiger partial charge >= 0.3 is 5.97 Å². The fraction of sp³-hybridized carbons (Fsp3) is 0.0909. The van der Waals surface area contributed by atoms with E-state index in [4.69, 9.17) is 9.52 Å². The highest BCUT2D eigenvalue weighted by Gasteiger charge is 2.23. The third-order valence-electron chi connectivity index (χ3n) is 2.58. The monoisotopic (exact) mass is 312 g/mol. The fourth-order valence-electron chi connectivity index (χ4n) is 1.71. The van der Waals surface area contributed by atoms with Crippen LogP contribution >= 0.6 is 11.3 Å². The number of imidazole rings is 1. The quantitative estimate of drug-likeness (QED) is 0.786. The van der Waals surface area contributed by atoms with Crippen molar-refractivity contribution in [2.75, 3.05) is 0 Å². The molecular formula is C11H8N2O5S2. The highest BCUT2D eigenvalue weighted by molar-refractivity contribution is 7.90. The number of carbonyl (C=O) groups is 1. The van der Waals surface area contributed by atoms with Crippen LogP contribution in [-0.2, 0) is 15.6 Å². The topological polar surface area (TPSA) is 102 Å². The SMILES string of the molecule is O=C(O)c1ccc(S(=O)(=O)Cc2cn3ccsc3n2)o1. The van der Waals surface area contributed by atoms with E-state index in [0.29, 0.717) is 10.7 Å². The number of furan rings is 1. The lowest BCUT2D eigenvalue weighted by atomic mass is 10.5. The van der Waals surface area contributed by atoms with Crippen molar-refractivity contribution in [3.63, 3.8) is 0 Å². The molecule has 1 N–H and O–H groups in total. The van der Waals surface area contributed by atoms with Crippen LogP contribution in [0.1, 0.15) is 16.2 Å². The standard InChI is InChI=1S/C11H8N2O5S2/c14-10(15)8-1-2-9(18-8)20(16,17)6-7-5-13-3-4-19-11(13)12-7/h1-5H,6H2,(H,14,15). The van der Waals surface area contributed by atoms with Crippen molar-refractivity contribution in [1.82, 2.24) is 9.38 Å². The lowest BCUT2D eigenvalue weighted by Crippen LogP contribution is -2.04. The predicted molar refractivity (Wildman–Crippen MR) is 69.6 cm³/mol. The van der Waals surface area contributed by atoms with Crippen molar-refractivity contribution in [3.05, 3.63) is 41.4 Å². The number of nitrogens with zero attached hydrogens (tertiary/aromatic N) is 2. The summed E-state index contributed by atoms with van der Waals surface area (Å²) in [6.07, 6.45) is 3.39. The molecule has 0 saturated heterocycles.